The third-order valence-electron chi connectivity index (χ3n) is 3.08. The van der Waals surface area contributed by atoms with Gasteiger partial charge in [-0.2, -0.15) is 0 Å². The minimum absolute atomic E-state index is 0.0582. The van der Waals surface area contributed by atoms with Crippen molar-refractivity contribution in [1.29, 1.82) is 0 Å². The highest BCUT2D eigenvalue weighted by Gasteiger charge is 2.09. The zero-order chi connectivity index (χ0) is 14.5. The molecule has 0 saturated carbocycles. The standard InChI is InChI=1S/C16H17ClN2O/c1-11-8-9-14(10-15(11)17)19-16(20)18-12(2)13-6-4-3-5-7-13/h3-10,12H,1-2H3,(H2,18,19,20). The number of urea groups is 1. The maximum absolute atomic E-state index is 11.9. The highest BCUT2D eigenvalue weighted by atomic mass is 35.5. The van der Waals surface area contributed by atoms with Crippen molar-refractivity contribution in [3.8, 4) is 0 Å². The summed E-state index contributed by atoms with van der Waals surface area (Å²) in [6.45, 7) is 3.86. The number of anilines is 1. The summed E-state index contributed by atoms with van der Waals surface area (Å²) in [5, 5.41) is 6.30. The van der Waals surface area contributed by atoms with Gasteiger partial charge in [-0.3, -0.25) is 0 Å². The molecule has 3 nitrogen and oxygen atoms in total. The smallest absolute Gasteiger partial charge is 0.319 e. The summed E-state index contributed by atoms with van der Waals surface area (Å²) in [5.74, 6) is 0. The third-order valence-corrected chi connectivity index (χ3v) is 3.48. The first kappa shape index (κ1) is 14.4. The fraction of sp³-hybridized carbons (Fsp3) is 0.188. The van der Waals surface area contributed by atoms with E-state index >= 15 is 0 Å². The Morgan fingerprint density at radius 1 is 1.15 bits per heavy atom. The van der Waals surface area contributed by atoms with Crippen molar-refractivity contribution in [3.05, 3.63) is 64.7 Å². The van der Waals surface area contributed by atoms with Crippen LogP contribution in [0.1, 0.15) is 24.1 Å². The van der Waals surface area contributed by atoms with Crippen molar-refractivity contribution in [2.24, 2.45) is 0 Å². The minimum atomic E-state index is -0.249. The van der Waals surface area contributed by atoms with E-state index in [9.17, 15) is 4.79 Å². The quantitative estimate of drug-likeness (QED) is 0.856. The first-order valence-electron chi connectivity index (χ1n) is 6.45. The Hall–Kier alpha value is -2.00. The first-order chi connectivity index (χ1) is 9.56. The number of hydrogen-bond donors (Lipinski definition) is 2. The van der Waals surface area contributed by atoms with Crippen LogP contribution in [-0.2, 0) is 0 Å². The van der Waals surface area contributed by atoms with Gasteiger partial charge in [0, 0.05) is 10.7 Å². The number of aryl methyl sites for hydroxylation is 1. The molecule has 0 aliphatic heterocycles. The lowest BCUT2D eigenvalue weighted by Crippen LogP contribution is -2.31. The lowest BCUT2D eigenvalue weighted by Gasteiger charge is -2.15. The zero-order valence-electron chi connectivity index (χ0n) is 11.5. The normalized spacial score (nSPS) is 11.8. The molecule has 0 aliphatic carbocycles. The van der Waals surface area contributed by atoms with Gasteiger partial charge in [-0.15, -0.1) is 0 Å². The van der Waals surface area contributed by atoms with E-state index in [1.807, 2.05) is 56.3 Å². The monoisotopic (exact) mass is 288 g/mol. The van der Waals surface area contributed by atoms with Gasteiger partial charge < -0.3 is 10.6 Å². The van der Waals surface area contributed by atoms with E-state index in [2.05, 4.69) is 10.6 Å². The third kappa shape index (κ3) is 3.75. The molecule has 1 atom stereocenters. The van der Waals surface area contributed by atoms with Crippen molar-refractivity contribution < 1.29 is 4.79 Å². The average molecular weight is 289 g/mol. The highest BCUT2D eigenvalue weighted by molar-refractivity contribution is 6.31. The fourth-order valence-electron chi connectivity index (χ4n) is 1.86. The van der Waals surface area contributed by atoms with Crippen LogP contribution in [0.4, 0.5) is 10.5 Å². The van der Waals surface area contributed by atoms with Crippen molar-refractivity contribution in [2.75, 3.05) is 5.32 Å². The molecule has 104 valence electrons. The number of hydrogen-bond acceptors (Lipinski definition) is 1. The lowest BCUT2D eigenvalue weighted by molar-refractivity contribution is 0.249. The number of amides is 2. The number of carbonyl (C=O) groups is 1. The minimum Gasteiger partial charge on any atom is -0.331 e. The zero-order valence-corrected chi connectivity index (χ0v) is 12.2. The van der Waals surface area contributed by atoms with E-state index in [0.717, 1.165) is 11.1 Å². The number of nitrogens with one attached hydrogen (secondary N) is 2. The Bertz CT molecular complexity index is 599. The van der Waals surface area contributed by atoms with Gasteiger partial charge in [-0.1, -0.05) is 48.0 Å². The Morgan fingerprint density at radius 3 is 2.50 bits per heavy atom. The van der Waals surface area contributed by atoms with Gasteiger partial charge in [0.15, 0.2) is 0 Å². The second-order valence-corrected chi connectivity index (χ2v) is 5.10. The van der Waals surface area contributed by atoms with Crippen LogP contribution in [0.2, 0.25) is 5.02 Å². The Morgan fingerprint density at radius 2 is 1.85 bits per heavy atom. The van der Waals surface area contributed by atoms with Crippen LogP contribution >= 0.6 is 11.6 Å². The van der Waals surface area contributed by atoms with E-state index in [1.54, 1.807) is 6.07 Å². The molecule has 2 N–H and O–H groups in total. The average Bonchev–Trinajstić information content (AvgIpc) is 2.44. The maximum atomic E-state index is 11.9. The van der Waals surface area contributed by atoms with Crippen LogP contribution in [0.5, 0.6) is 0 Å². The van der Waals surface area contributed by atoms with Gasteiger partial charge in [-0.25, -0.2) is 4.79 Å². The predicted octanol–water partition coefficient (Wildman–Crippen LogP) is 4.53. The number of halogens is 1. The molecule has 0 radical (unpaired) electrons. The van der Waals surface area contributed by atoms with Gasteiger partial charge in [0.25, 0.3) is 0 Å². The summed E-state index contributed by atoms with van der Waals surface area (Å²) in [6, 6.07) is 14.9. The van der Waals surface area contributed by atoms with Crippen molar-refractivity contribution in [3.63, 3.8) is 0 Å². The molecule has 0 aliphatic rings. The van der Waals surface area contributed by atoms with Crippen LogP contribution < -0.4 is 10.6 Å². The van der Waals surface area contributed by atoms with E-state index in [4.69, 9.17) is 11.6 Å². The summed E-state index contributed by atoms with van der Waals surface area (Å²) >= 11 is 6.03. The molecule has 0 heterocycles. The number of carbonyl (C=O) groups excluding carboxylic acids is 1. The van der Waals surface area contributed by atoms with E-state index < -0.39 is 0 Å². The first-order valence-corrected chi connectivity index (χ1v) is 6.82. The summed E-state index contributed by atoms with van der Waals surface area (Å²) in [6.07, 6.45) is 0. The molecule has 0 spiro atoms. The summed E-state index contributed by atoms with van der Waals surface area (Å²) in [4.78, 5) is 11.9. The Labute approximate surface area is 124 Å². The second kappa shape index (κ2) is 6.44. The SMILES string of the molecule is Cc1ccc(NC(=O)NC(C)c2ccccc2)cc1Cl. The van der Waals surface area contributed by atoms with Crippen LogP contribution in [0, 0.1) is 6.92 Å². The molecule has 2 aromatic rings. The molecule has 0 saturated heterocycles. The number of benzene rings is 2. The fourth-order valence-corrected chi connectivity index (χ4v) is 2.04. The van der Waals surface area contributed by atoms with E-state index in [1.165, 1.54) is 0 Å². The molecule has 2 aromatic carbocycles. The summed E-state index contributed by atoms with van der Waals surface area (Å²) < 4.78 is 0. The van der Waals surface area contributed by atoms with Crippen molar-refractivity contribution in [1.82, 2.24) is 5.32 Å². The molecule has 0 fully saturated rings. The summed E-state index contributed by atoms with van der Waals surface area (Å²) in [7, 11) is 0. The molecular weight excluding hydrogens is 272 g/mol. The molecule has 4 heteroatoms. The molecule has 20 heavy (non-hydrogen) atoms. The maximum Gasteiger partial charge on any atom is 0.319 e. The molecule has 2 amide bonds. The molecule has 0 bridgehead atoms. The van der Waals surface area contributed by atoms with E-state index in [-0.39, 0.29) is 12.1 Å². The van der Waals surface area contributed by atoms with Crippen molar-refractivity contribution in [2.45, 2.75) is 19.9 Å². The van der Waals surface area contributed by atoms with Crippen molar-refractivity contribution >= 4 is 23.3 Å². The number of rotatable bonds is 3. The Balaban J connectivity index is 1.97. The Kier molecular flexibility index (Phi) is 4.64. The van der Waals surface area contributed by atoms with E-state index in [0.29, 0.717) is 10.7 Å². The van der Waals surface area contributed by atoms with Gasteiger partial charge >= 0.3 is 6.03 Å². The molecule has 2 rings (SSSR count). The predicted molar refractivity (Wildman–Crippen MR) is 83.2 cm³/mol. The van der Waals surface area contributed by atoms with Crippen LogP contribution in [-0.4, -0.2) is 6.03 Å². The largest absolute Gasteiger partial charge is 0.331 e. The molecule has 0 aromatic heterocycles. The van der Waals surface area contributed by atoms with Crippen LogP contribution in [0.3, 0.4) is 0 Å². The van der Waals surface area contributed by atoms with Gasteiger partial charge in [0.2, 0.25) is 0 Å². The molecule has 1 unspecified atom stereocenters. The second-order valence-electron chi connectivity index (χ2n) is 4.69. The van der Waals surface area contributed by atoms with Crippen LogP contribution in [0.15, 0.2) is 48.5 Å². The molecular formula is C16H17ClN2O. The van der Waals surface area contributed by atoms with Gasteiger partial charge in [-0.05, 0) is 37.1 Å². The topological polar surface area (TPSA) is 41.1 Å². The highest BCUT2D eigenvalue weighted by Crippen LogP contribution is 2.20. The van der Waals surface area contributed by atoms with Crippen LogP contribution in [0.25, 0.3) is 0 Å². The van der Waals surface area contributed by atoms with Gasteiger partial charge in [0.1, 0.15) is 0 Å². The van der Waals surface area contributed by atoms with Gasteiger partial charge in [0.05, 0.1) is 6.04 Å². The lowest BCUT2D eigenvalue weighted by atomic mass is 10.1. The summed E-state index contributed by atoms with van der Waals surface area (Å²) in [5.41, 5.74) is 2.72.